The molecule has 1 N–H and O–H groups in total. The number of piperidine rings is 1. The molecule has 0 saturated carbocycles. The lowest BCUT2D eigenvalue weighted by molar-refractivity contribution is 0.312. The number of aromatic nitrogens is 4. The second-order valence-electron chi connectivity index (χ2n) is 7.90. The zero-order valence-electron chi connectivity index (χ0n) is 18.1. The smallest absolute Gasteiger partial charge is 0.246 e. The molecule has 9 heteroatoms. The monoisotopic (exact) mass is 440 g/mol. The lowest BCUT2D eigenvalue weighted by atomic mass is 9.95. The lowest BCUT2D eigenvalue weighted by Crippen LogP contribution is -2.39. The van der Waals surface area contributed by atoms with Crippen LogP contribution in [0.5, 0.6) is 0 Å². The largest absolute Gasteiger partial charge is 0.339 e. The predicted octanol–water partition coefficient (Wildman–Crippen LogP) is 3.62. The number of rotatable bonds is 6. The van der Waals surface area contributed by atoms with Gasteiger partial charge in [-0.25, -0.2) is 13.4 Å². The summed E-state index contributed by atoms with van der Waals surface area (Å²) in [7, 11) is -3.57. The Hall–Kier alpha value is -2.78. The highest BCUT2D eigenvalue weighted by Gasteiger charge is 2.33. The van der Waals surface area contributed by atoms with E-state index in [1.807, 2.05) is 44.2 Å². The topological polar surface area (TPSA) is 93.0 Å². The van der Waals surface area contributed by atoms with Crippen LogP contribution >= 0.6 is 0 Å². The molecular formula is C22H28N6O2S. The molecule has 0 unspecified atom stereocenters. The van der Waals surface area contributed by atoms with Crippen molar-refractivity contribution in [2.45, 2.75) is 51.0 Å². The van der Waals surface area contributed by atoms with Crippen LogP contribution in [0.15, 0.2) is 47.6 Å². The molecule has 0 amide bonds. The number of hydrogen-bond donors (Lipinski definition) is 1. The van der Waals surface area contributed by atoms with Crippen LogP contribution < -0.4 is 5.32 Å². The third-order valence-electron chi connectivity index (χ3n) is 5.59. The van der Waals surface area contributed by atoms with Gasteiger partial charge >= 0.3 is 0 Å². The Morgan fingerprint density at radius 2 is 2.03 bits per heavy atom. The molecule has 1 atom stereocenters. The van der Waals surface area contributed by atoms with E-state index in [4.69, 9.17) is 0 Å². The molecule has 1 saturated heterocycles. The van der Waals surface area contributed by atoms with E-state index in [1.165, 1.54) is 0 Å². The van der Waals surface area contributed by atoms with E-state index in [9.17, 15) is 8.42 Å². The fourth-order valence-corrected chi connectivity index (χ4v) is 5.63. The summed E-state index contributed by atoms with van der Waals surface area (Å²) >= 11 is 0. The first-order valence-corrected chi connectivity index (χ1v) is 12.0. The fraction of sp³-hybridized carbons (Fsp3) is 0.409. The zero-order valence-corrected chi connectivity index (χ0v) is 18.9. The summed E-state index contributed by atoms with van der Waals surface area (Å²) < 4.78 is 29.7. The Kier molecular flexibility index (Phi) is 6.06. The second-order valence-corrected chi connectivity index (χ2v) is 9.80. The van der Waals surface area contributed by atoms with Crippen molar-refractivity contribution in [1.29, 1.82) is 0 Å². The summed E-state index contributed by atoms with van der Waals surface area (Å²) in [5.74, 6) is 0.837. The first-order valence-electron chi connectivity index (χ1n) is 10.6. The van der Waals surface area contributed by atoms with Crippen LogP contribution in [0.1, 0.15) is 42.8 Å². The highest BCUT2D eigenvalue weighted by Crippen LogP contribution is 2.30. The Balaban J connectivity index is 1.48. The van der Waals surface area contributed by atoms with E-state index in [1.54, 1.807) is 28.3 Å². The summed E-state index contributed by atoms with van der Waals surface area (Å²) in [6, 6.07) is 9.75. The van der Waals surface area contributed by atoms with Crippen LogP contribution in [0.25, 0.3) is 0 Å². The van der Waals surface area contributed by atoms with Crippen molar-refractivity contribution in [2.75, 3.05) is 18.4 Å². The third kappa shape index (κ3) is 4.62. The van der Waals surface area contributed by atoms with E-state index in [-0.39, 0.29) is 5.92 Å². The van der Waals surface area contributed by atoms with Crippen LogP contribution in [0, 0.1) is 13.8 Å². The normalized spacial score (nSPS) is 17.6. The summed E-state index contributed by atoms with van der Waals surface area (Å²) in [4.78, 5) is 9.36. The van der Waals surface area contributed by atoms with Crippen molar-refractivity contribution >= 4 is 21.5 Å². The van der Waals surface area contributed by atoms with Crippen molar-refractivity contribution in [3.63, 3.8) is 0 Å². The summed E-state index contributed by atoms with van der Waals surface area (Å²) in [6.45, 7) is 7.23. The number of pyridine rings is 2. The maximum absolute atomic E-state index is 13.2. The van der Waals surface area contributed by atoms with Gasteiger partial charge in [0.1, 0.15) is 10.7 Å². The average Bonchev–Trinajstić information content (AvgIpc) is 3.16. The van der Waals surface area contributed by atoms with Gasteiger partial charge in [-0.3, -0.25) is 9.67 Å². The maximum atomic E-state index is 13.2. The van der Waals surface area contributed by atoms with Crippen LogP contribution in [-0.2, 0) is 16.6 Å². The predicted molar refractivity (Wildman–Crippen MR) is 120 cm³/mol. The van der Waals surface area contributed by atoms with Crippen LogP contribution in [0.4, 0.5) is 11.5 Å². The van der Waals surface area contributed by atoms with Crippen molar-refractivity contribution < 1.29 is 8.42 Å². The zero-order chi connectivity index (χ0) is 22.0. The molecule has 0 aliphatic carbocycles. The van der Waals surface area contributed by atoms with Crippen molar-refractivity contribution in [1.82, 2.24) is 24.1 Å². The SMILES string of the molecule is CCn1cc(S(=O)(=O)N2CCC[C@H](c3ccc(Nc4cccc(C)n4)cn3)C2)c(C)n1. The molecule has 8 nitrogen and oxygen atoms in total. The van der Waals surface area contributed by atoms with Gasteiger partial charge in [-0.1, -0.05) is 6.07 Å². The molecule has 4 rings (SSSR count). The molecule has 3 aromatic rings. The van der Waals surface area contributed by atoms with Gasteiger partial charge in [-0.15, -0.1) is 0 Å². The highest BCUT2D eigenvalue weighted by molar-refractivity contribution is 7.89. The van der Waals surface area contributed by atoms with Gasteiger partial charge in [0.25, 0.3) is 0 Å². The highest BCUT2D eigenvalue weighted by atomic mass is 32.2. The number of nitrogens with one attached hydrogen (secondary N) is 1. The first kappa shape index (κ1) is 21.5. The van der Waals surface area contributed by atoms with Crippen molar-refractivity contribution in [3.8, 4) is 0 Å². The number of hydrogen-bond acceptors (Lipinski definition) is 6. The first-order chi connectivity index (χ1) is 14.9. The molecule has 164 valence electrons. The van der Waals surface area contributed by atoms with Crippen LogP contribution in [0.3, 0.4) is 0 Å². The van der Waals surface area contributed by atoms with E-state index < -0.39 is 10.0 Å². The van der Waals surface area contributed by atoms with E-state index >= 15 is 0 Å². The molecule has 0 bridgehead atoms. The molecule has 0 radical (unpaired) electrons. The van der Waals surface area contributed by atoms with Gasteiger partial charge in [0.05, 0.1) is 17.6 Å². The molecule has 31 heavy (non-hydrogen) atoms. The number of nitrogens with zero attached hydrogens (tertiary/aromatic N) is 5. The van der Waals surface area contributed by atoms with E-state index in [0.29, 0.717) is 30.2 Å². The van der Waals surface area contributed by atoms with Gasteiger partial charge in [-0.05, 0) is 57.9 Å². The minimum Gasteiger partial charge on any atom is -0.339 e. The van der Waals surface area contributed by atoms with Gasteiger partial charge < -0.3 is 5.32 Å². The van der Waals surface area contributed by atoms with Crippen molar-refractivity contribution in [3.05, 3.63) is 59.8 Å². The van der Waals surface area contributed by atoms with Crippen molar-refractivity contribution in [2.24, 2.45) is 0 Å². The van der Waals surface area contributed by atoms with Gasteiger partial charge in [-0.2, -0.15) is 9.40 Å². The standard InChI is InChI=1S/C22H28N6O2S/c1-4-27-15-21(17(3)26-27)31(29,30)28-12-6-8-18(14-28)20-11-10-19(13-23-20)25-22-9-5-7-16(2)24-22/h5,7,9-11,13,15,18H,4,6,8,12,14H2,1-3H3,(H,24,25)/t18-/m0/s1. The van der Waals surface area contributed by atoms with Gasteiger partial charge in [0.2, 0.25) is 10.0 Å². The number of aryl methyl sites for hydroxylation is 3. The minimum atomic E-state index is -3.57. The van der Waals surface area contributed by atoms with E-state index in [0.717, 1.165) is 35.7 Å². The molecule has 3 aromatic heterocycles. The Bertz CT molecular complexity index is 1160. The molecule has 4 heterocycles. The quantitative estimate of drug-likeness (QED) is 0.629. The van der Waals surface area contributed by atoms with Gasteiger partial charge in [0, 0.05) is 43.1 Å². The number of anilines is 2. The summed E-state index contributed by atoms with van der Waals surface area (Å²) in [5, 5.41) is 7.56. The summed E-state index contributed by atoms with van der Waals surface area (Å²) in [6.07, 6.45) is 5.13. The molecule has 0 spiro atoms. The molecule has 0 aromatic carbocycles. The Labute approximate surface area is 183 Å². The molecular weight excluding hydrogens is 412 g/mol. The second kappa shape index (κ2) is 8.76. The average molecular weight is 441 g/mol. The van der Waals surface area contributed by atoms with Gasteiger partial charge in [0.15, 0.2) is 0 Å². The Morgan fingerprint density at radius 3 is 2.71 bits per heavy atom. The van der Waals surface area contributed by atoms with E-state index in [2.05, 4.69) is 20.4 Å². The third-order valence-corrected chi connectivity index (χ3v) is 7.56. The minimum absolute atomic E-state index is 0.0659. The fourth-order valence-electron chi connectivity index (χ4n) is 3.94. The van der Waals surface area contributed by atoms with Crippen LogP contribution in [0.2, 0.25) is 0 Å². The Morgan fingerprint density at radius 1 is 1.19 bits per heavy atom. The summed E-state index contributed by atoms with van der Waals surface area (Å²) in [5.41, 5.74) is 3.24. The lowest BCUT2D eigenvalue weighted by Gasteiger charge is -2.31. The molecule has 1 fully saturated rings. The van der Waals surface area contributed by atoms with Crippen LogP contribution in [-0.4, -0.2) is 45.6 Å². The number of sulfonamides is 1. The maximum Gasteiger partial charge on any atom is 0.246 e. The molecule has 1 aliphatic heterocycles. The molecule has 1 aliphatic rings.